The molecule has 0 aliphatic carbocycles. The highest BCUT2D eigenvalue weighted by Gasteiger charge is 2.18. The monoisotopic (exact) mass is 204 g/mol. The van der Waals surface area contributed by atoms with Gasteiger partial charge >= 0.3 is 0 Å². The molecule has 7 heteroatoms. The van der Waals surface area contributed by atoms with Crippen molar-refractivity contribution in [1.82, 2.24) is 15.1 Å². The summed E-state index contributed by atoms with van der Waals surface area (Å²) in [6.45, 7) is -0.324. The minimum Gasteiger partial charge on any atom is -0.396 e. The van der Waals surface area contributed by atoms with E-state index in [0.717, 1.165) is 4.90 Å². The van der Waals surface area contributed by atoms with Crippen molar-refractivity contribution in [3.63, 3.8) is 0 Å². The maximum atomic E-state index is 11.7. The number of anilines is 1. The maximum absolute atomic E-state index is 11.7. The largest absolute Gasteiger partial charge is 0.396 e. The molecule has 0 fully saturated rings. The van der Waals surface area contributed by atoms with Crippen molar-refractivity contribution in [3.05, 3.63) is 11.9 Å². The highest BCUT2D eigenvalue weighted by Crippen LogP contribution is 2.09. The standard InChI is InChI=1S/C8H8N6O/c9-1-3-14(4-2-10)8(15)7-6(11)5-12-13-7/h5H,3-4,11H2,(H,12,13). The molecule has 0 aromatic carbocycles. The number of nitrogen functional groups attached to an aromatic ring is 1. The number of carbonyl (C=O) groups excluding carboxylic acids is 1. The van der Waals surface area contributed by atoms with Gasteiger partial charge in [0, 0.05) is 0 Å². The number of aromatic amines is 1. The third-order valence-corrected chi connectivity index (χ3v) is 1.69. The highest BCUT2D eigenvalue weighted by molar-refractivity contribution is 5.97. The van der Waals surface area contributed by atoms with Crippen molar-refractivity contribution in [3.8, 4) is 12.1 Å². The molecule has 0 spiro atoms. The van der Waals surface area contributed by atoms with Crippen LogP contribution in [0.1, 0.15) is 10.5 Å². The summed E-state index contributed by atoms with van der Waals surface area (Å²) >= 11 is 0. The van der Waals surface area contributed by atoms with E-state index >= 15 is 0 Å². The number of nitriles is 2. The Morgan fingerprint density at radius 2 is 2.13 bits per heavy atom. The minimum absolute atomic E-state index is 0.0977. The first-order chi connectivity index (χ1) is 7.20. The highest BCUT2D eigenvalue weighted by atomic mass is 16.2. The Bertz CT molecular complexity index is 421. The second kappa shape index (κ2) is 4.63. The van der Waals surface area contributed by atoms with Crippen molar-refractivity contribution in [2.45, 2.75) is 0 Å². The van der Waals surface area contributed by atoms with E-state index in [9.17, 15) is 4.79 Å². The van der Waals surface area contributed by atoms with Gasteiger partial charge in [-0.05, 0) is 0 Å². The molecular formula is C8H8N6O. The number of hydrogen-bond donors (Lipinski definition) is 2. The summed E-state index contributed by atoms with van der Waals surface area (Å²) in [6.07, 6.45) is 1.30. The Morgan fingerprint density at radius 1 is 1.53 bits per heavy atom. The van der Waals surface area contributed by atoms with Crippen LogP contribution in [-0.2, 0) is 0 Å². The number of rotatable bonds is 3. The van der Waals surface area contributed by atoms with E-state index in [1.165, 1.54) is 6.20 Å². The average molecular weight is 204 g/mol. The van der Waals surface area contributed by atoms with Crippen molar-refractivity contribution in [2.75, 3.05) is 18.8 Å². The number of nitrogens with zero attached hydrogens (tertiary/aromatic N) is 4. The summed E-state index contributed by atoms with van der Waals surface area (Å²) in [7, 11) is 0. The molecule has 0 radical (unpaired) electrons. The summed E-state index contributed by atoms with van der Waals surface area (Å²) in [5, 5.41) is 22.9. The van der Waals surface area contributed by atoms with Gasteiger partial charge in [0.05, 0.1) is 24.0 Å². The summed E-state index contributed by atoms with van der Waals surface area (Å²) in [4.78, 5) is 12.8. The van der Waals surface area contributed by atoms with Crippen LogP contribution in [0.15, 0.2) is 6.20 Å². The molecule has 1 rings (SSSR count). The van der Waals surface area contributed by atoms with E-state index in [2.05, 4.69) is 10.2 Å². The fraction of sp³-hybridized carbons (Fsp3) is 0.250. The van der Waals surface area contributed by atoms with Gasteiger partial charge in [-0.2, -0.15) is 15.6 Å². The molecule has 76 valence electrons. The lowest BCUT2D eigenvalue weighted by molar-refractivity contribution is 0.0790. The second-order valence-corrected chi connectivity index (χ2v) is 2.68. The molecule has 3 N–H and O–H groups in total. The Hall–Kier alpha value is -2.54. The van der Waals surface area contributed by atoms with E-state index in [1.54, 1.807) is 12.1 Å². The molecule has 7 nitrogen and oxygen atoms in total. The number of H-pyrrole nitrogens is 1. The lowest BCUT2D eigenvalue weighted by Crippen LogP contribution is -2.32. The summed E-state index contributed by atoms with van der Waals surface area (Å²) < 4.78 is 0. The van der Waals surface area contributed by atoms with E-state index in [0.29, 0.717) is 0 Å². The fourth-order valence-electron chi connectivity index (χ4n) is 0.995. The summed E-state index contributed by atoms with van der Waals surface area (Å²) in [5.74, 6) is -0.506. The first-order valence-corrected chi connectivity index (χ1v) is 4.02. The van der Waals surface area contributed by atoms with Crippen LogP contribution in [-0.4, -0.2) is 34.1 Å². The molecular weight excluding hydrogens is 196 g/mol. The number of amides is 1. The van der Waals surface area contributed by atoms with Crippen molar-refractivity contribution in [1.29, 1.82) is 10.5 Å². The molecule has 1 amide bonds. The van der Waals surface area contributed by atoms with E-state index in [4.69, 9.17) is 16.3 Å². The third-order valence-electron chi connectivity index (χ3n) is 1.69. The molecule has 0 aliphatic rings. The number of carbonyl (C=O) groups is 1. The average Bonchev–Trinajstić information content (AvgIpc) is 2.63. The molecule has 0 bridgehead atoms. The van der Waals surface area contributed by atoms with Crippen LogP contribution in [0, 0.1) is 22.7 Å². The number of hydrogen-bond acceptors (Lipinski definition) is 5. The van der Waals surface area contributed by atoms with Gasteiger partial charge in [0.25, 0.3) is 5.91 Å². The quantitative estimate of drug-likeness (QED) is 0.641. The molecule has 0 saturated heterocycles. The maximum Gasteiger partial charge on any atom is 0.275 e. The smallest absolute Gasteiger partial charge is 0.275 e. The first-order valence-electron chi connectivity index (χ1n) is 4.02. The zero-order valence-corrected chi connectivity index (χ0v) is 7.77. The van der Waals surface area contributed by atoms with Gasteiger partial charge in [0.1, 0.15) is 18.8 Å². The van der Waals surface area contributed by atoms with Crippen molar-refractivity contribution in [2.24, 2.45) is 0 Å². The number of aromatic nitrogens is 2. The SMILES string of the molecule is N#CCN(CC#N)C(=O)c1[nH]ncc1N. The van der Waals surface area contributed by atoms with Gasteiger partial charge in [0.15, 0.2) is 0 Å². The second-order valence-electron chi connectivity index (χ2n) is 2.68. The Morgan fingerprint density at radius 3 is 2.53 bits per heavy atom. The van der Waals surface area contributed by atoms with Crippen molar-refractivity contribution >= 4 is 11.6 Å². The molecule has 0 aliphatic heterocycles. The normalized spacial score (nSPS) is 8.93. The van der Waals surface area contributed by atoms with E-state index in [1.807, 2.05) is 0 Å². The Balaban J connectivity index is 2.87. The lowest BCUT2D eigenvalue weighted by atomic mass is 10.3. The zero-order valence-electron chi connectivity index (χ0n) is 7.77. The van der Waals surface area contributed by atoms with Gasteiger partial charge in [-0.1, -0.05) is 0 Å². The molecule has 1 aromatic heterocycles. The van der Waals surface area contributed by atoms with Crippen molar-refractivity contribution < 1.29 is 4.79 Å². The third kappa shape index (κ3) is 2.23. The minimum atomic E-state index is -0.506. The van der Waals surface area contributed by atoms with Crippen LogP contribution in [0.5, 0.6) is 0 Å². The molecule has 1 heterocycles. The molecule has 1 aromatic rings. The van der Waals surface area contributed by atoms with Crippen LogP contribution >= 0.6 is 0 Å². The van der Waals surface area contributed by atoms with Crippen LogP contribution in [0.2, 0.25) is 0 Å². The van der Waals surface area contributed by atoms with Crippen LogP contribution in [0.25, 0.3) is 0 Å². The van der Waals surface area contributed by atoms with Gasteiger partial charge in [0.2, 0.25) is 0 Å². The Kier molecular flexibility index (Phi) is 3.25. The molecule has 0 saturated carbocycles. The van der Waals surface area contributed by atoms with Crippen LogP contribution < -0.4 is 5.73 Å². The fourth-order valence-corrected chi connectivity index (χ4v) is 0.995. The predicted octanol–water partition coefficient (Wildman–Crippen LogP) is -0.519. The van der Waals surface area contributed by atoms with Gasteiger partial charge in [-0.15, -0.1) is 0 Å². The van der Waals surface area contributed by atoms with Crippen LogP contribution in [0.3, 0.4) is 0 Å². The number of nitrogens with two attached hydrogens (primary N) is 1. The van der Waals surface area contributed by atoms with E-state index in [-0.39, 0.29) is 24.5 Å². The van der Waals surface area contributed by atoms with Crippen LogP contribution in [0.4, 0.5) is 5.69 Å². The molecule has 0 unspecified atom stereocenters. The summed E-state index contributed by atoms with van der Waals surface area (Å²) in [5.41, 5.74) is 5.76. The summed E-state index contributed by atoms with van der Waals surface area (Å²) in [6, 6.07) is 3.59. The topological polar surface area (TPSA) is 123 Å². The Labute approximate surface area is 85.7 Å². The van der Waals surface area contributed by atoms with Gasteiger partial charge < -0.3 is 10.6 Å². The molecule has 0 atom stereocenters. The number of nitrogens with one attached hydrogen (secondary N) is 1. The van der Waals surface area contributed by atoms with Gasteiger partial charge in [-0.3, -0.25) is 9.89 Å². The predicted molar refractivity (Wildman–Crippen MR) is 50.1 cm³/mol. The first kappa shape index (κ1) is 10.5. The molecule has 15 heavy (non-hydrogen) atoms. The zero-order chi connectivity index (χ0) is 11.3. The van der Waals surface area contributed by atoms with Gasteiger partial charge in [-0.25, -0.2) is 0 Å². The lowest BCUT2D eigenvalue weighted by Gasteiger charge is -2.14. The van der Waals surface area contributed by atoms with E-state index < -0.39 is 5.91 Å².